The number of hydrogen-bond donors (Lipinski definition) is 2. The number of aryl methyl sites for hydroxylation is 1. The molecule has 0 saturated heterocycles. The van der Waals surface area contributed by atoms with E-state index in [2.05, 4.69) is 48.5 Å². The van der Waals surface area contributed by atoms with Gasteiger partial charge in [0.2, 0.25) is 0 Å². The summed E-state index contributed by atoms with van der Waals surface area (Å²) >= 11 is 0. The lowest BCUT2D eigenvalue weighted by molar-refractivity contribution is 0.165. The molecule has 0 aliphatic heterocycles. The van der Waals surface area contributed by atoms with Gasteiger partial charge in [-0.1, -0.05) is 54.5 Å². The van der Waals surface area contributed by atoms with Gasteiger partial charge in [-0.25, -0.2) is 0 Å². The van der Waals surface area contributed by atoms with Crippen molar-refractivity contribution < 1.29 is 10.2 Å². The lowest BCUT2D eigenvalue weighted by atomic mass is 9.66. The number of phenolic OH excluding ortho intramolecular Hbond substituents is 2. The summed E-state index contributed by atoms with van der Waals surface area (Å²) in [7, 11) is 0. The van der Waals surface area contributed by atoms with Crippen molar-refractivity contribution in [3.63, 3.8) is 0 Å². The molecule has 0 fully saturated rings. The van der Waals surface area contributed by atoms with Gasteiger partial charge in [-0.15, -0.1) is 0 Å². The topological polar surface area (TPSA) is 40.5 Å². The van der Waals surface area contributed by atoms with Gasteiger partial charge in [0.15, 0.2) is 11.5 Å². The molecule has 1 aromatic carbocycles. The summed E-state index contributed by atoms with van der Waals surface area (Å²) in [5.74, 6) is -0.0322. The maximum atomic E-state index is 9.88. The van der Waals surface area contributed by atoms with Crippen LogP contribution in [0.4, 0.5) is 0 Å². The molecule has 0 aliphatic carbocycles. The van der Waals surface area contributed by atoms with Crippen molar-refractivity contribution in [3.8, 4) is 11.5 Å². The van der Waals surface area contributed by atoms with E-state index >= 15 is 0 Å². The van der Waals surface area contributed by atoms with E-state index in [0.717, 1.165) is 24.0 Å². The van der Waals surface area contributed by atoms with Crippen molar-refractivity contribution in [1.82, 2.24) is 0 Å². The molecule has 1 aromatic rings. The molecule has 0 heterocycles. The Kier molecular flexibility index (Phi) is 4.72. The fourth-order valence-electron chi connectivity index (χ4n) is 3.95. The van der Waals surface area contributed by atoms with Crippen LogP contribution in [0.25, 0.3) is 0 Å². The molecule has 0 saturated carbocycles. The van der Waals surface area contributed by atoms with Gasteiger partial charge >= 0.3 is 0 Å². The zero-order valence-electron chi connectivity index (χ0n) is 15.0. The van der Waals surface area contributed by atoms with Gasteiger partial charge in [0.05, 0.1) is 0 Å². The lowest BCUT2D eigenvalue weighted by Gasteiger charge is -2.39. The molecule has 0 aromatic heterocycles. The Morgan fingerprint density at radius 1 is 0.857 bits per heavy atom. The van der Waals surface area contributed by atoms with Crippen molar-refractivity contribution >= 4 is 0 Å². The second-order valence-electron chi connectivity index (χ2n) is 9.12. The Morgan fingerprint density at radius 2 is 1.38 bits per heavy atom. The Bertz CT molecular complexity index is 482. The van der Waals surface area contributed by atoms with Crippen LogP contribution in [0.2, 0.25) is 0 Å². The van der Waals surface area contributed by atoms with E-state index < -0.39 is 0 Å². The van der Waals surface area contributed by atoms with Crippen LogP contribution in [0.3, 0.4) is 0 Å². The van der Waals surface area contributed by atoms with E-state index in [1.807, 2.05) is 13.0 Å². The minimum Gasteiger partial charge on any atom is -0.504 e. The minimum absolute atomic E-state index is 0.0106. The molecule has 0 unspecified atom stereocenters. The second-order valence-corrected chi connectivity index (χ2v) is 9.12. The predicted octanol–water partition coefficient (Wildman–Crippen LogP) is 5.54. The molecular formula is C19H32O2. The van der Waals surface area contributed by atoms with Crippen LogP contribution in [-0.4, -0.2) is 10.2 Å². The SMILES string of the molecule is Cc1cc(C(C)(C)CC(C)(C)CC(C)(C)C)cc(O)c1O. The Balaban J connectivity index is 3.06. The first-order chi connectivity index (χ1) is 9.23. The third-order valence-electron chi connectivity index (χ3n) is 3.99. The van der Waals surface area contributed by atoms with Crippen molar-refractivity contribution in [2.24, 2.45) is 10.8 Å². The summed E-state index contributed by atoms with van der Waals surface area (Å²) < 4.78 is 0. The summed E-state index contributed by atoms with van der Waals surface area (Å²) in [5.41, 5.74) is 2.27. The first-order valence-electron chi connectivity index (χ1n) is 7.77. The highest BCUT2D eigenvalue weighted by molar-refractivity contribution is 5.48. The number of rotatable bonds is 4. The van der Waals surface area contributed by atoms with Crippen LogP contribution in [0.5, 0.6) is 11.5 Å². The van der Waals surface area contributed by atoms with Crippen LogP contribution >= 0.6 is 0 Å². The fraction of sp³-hybridized carbons (Fsp3) is 0.684. The van der Waals surface area contributed by atoms with E-state index in [1.54, 1.807) is 6.07 Å². The van der Waals surface area contributed by atoms with Gasteiger partial charge in [-0.3, -0.25) is 0 Å². The third kappa shape index (κ3) is 4.94. The zero-order chi connectivity index (χ0) is 16.6. The third-order valence-corrected chi connectivity index (χ3v) is 3.99. The lowest BCUT2D eigenvalue weighted by Crippen LogP contribution is -2.30. The quantitative estimate of drug-likeness (QED) is 0.716. The van der Waals surface area contributed by atoms with Gasteiger partial charge in [-0.05, 0) is 53.2 Å². The molecule has 21 heavy (non-hydrogen) atoms. The monoisotopic (exact) mass is 292 g/mol. The van der Waals surface area contributed by atoms with Gasteiger partial charge in [-0.2, -0.15) is 0 Å². The van der Waals surface area contributed by atoms with Crippen molar-refractivity contribution in [2.45, 2.75) is 73.6 Å². The van der Waals surface area contributed by atoms with E-state index in [4.69, 9.17) is 0 Å². The average Bonchev–Trinajstić information content (AvgIpc) is 2.19. The molecule has 0 radical (unpaired) electrons. The maximum absolute atomic E-state index is 9.88. The van der Waals surface area contributed by atoms with Crippen LogP contribution < -0.4 is 0 Å². The van der Waals surface area contributed by atoms with E-state index in [-0.39, 0.29) is 22.3 Å². The average molecular weight is 292 g/mol. The second kappa shape index (κ2) is 5.55. The Morgan fingerprint density at radius 3 is 1.81 bits per heavy atom. The van der Waals surface area contributed by atoms with Crippen LogP contribution in [0.15, 0.2) is 12.1 Å². The largest absolute Gasteiger partial charge is 0.504 e. The Hall–Kier alpha value is -1.18. The normalized spacial score (nSPS) is 13.5. The molecule has 2 N–H and O–H groups in total. The molecule has 2 heteroatoms. The molecular weight excluding hydrogens is 260 g/mol. The van der Waals surface area contributed by atoms with Gasteiger partial charge in [0.25, 0.3) is 0 Å². The number of hydrogen-bond acceptors (Lipinski definition) is 2. The highest BCUT2D eigenvalue weighted by Crippen LogP contribution is 2.44. The molecule has 1 rings (SSSR count). The molecule has 0 atom stereocenters. The van der Waals surface area contributed by atoms with Crippen LogP contribution in [0.1, 0.15) is 72.4 Å². The van der Waals surface area contributed by atoms with Crippen LogP contribution in [-0.2, 0) is 5.41 Å². The number of benzene rings is 1. The zero-order valence-corrected chi connectivity index (χ0v) is 15.0. The first kappa shape index (κ1) is 17.9. The molecule has 2 nitrogen and oxygen atoms in total. The van der Waals surface area contributed by atoms with Crippen molar-refractivity contribution in [2.75, 3.05) is 0 Å². The van der Waals surface area contributed by atoms with Crippen molar-refractivity contribution in [3.05, 3.63) is 23.3 Å². The van der Waals surface area contributed by atoms with Gasteiger partial charge in [0.1, 0.15) is 0 Å². The predicted molar refractivity (Wildman–Crippen MR) is 90.0 cm³/mol. The number of phenols is 2. The summed E-state index contributed by atoms with van der Waals surface area (Å²) in [6.45, 7) is 17.7. The highest BCUT2D eigenvalue weighted by Gasteiger charge is 2.33. The van der Waals surface area contributed by atoms with Crippen molar-refractivity contribution in [1.29, 1.82) is 0 Å². The molecule has 0 bridgehead atoms. The van der Waals surface area contributed by atoms with Gasteiger partial charge < -0.3 is 10.2 Å². The molecule has 0 amide bonds. The van der Waals surface area contributed by atoms with Gasteiger partial charge in [0, 0.05) is 0 Å². The Labute approximate surface area is 130 Å². The molecule has 120 valence electrons. The molecule has 0 spiro atoms. The van der Waals surface area contributed by atoms with E-state index in [1.165, 1.54) is 0 Å². The first-order valence-corrected chi connectivity index (χ1v) is 7.77. The minimum atomic E-state index is -0.0509. The standard InChI is InChI=1S/C19H32O2/c1-13-9-14(10-15(20)16(13)21)19(7,8)12-18(5,6)11-17(2,3)4/h9-10,20-21H,11-12H2,1-8H3. The summed E-state index contributed by atoms with van der Waals surface area (Å²) in [6, 6.07) is 3.69. The smallest absolute Gasteiger partial charge is 0.160 e. The van der Waals surface area contributed by atoms with E-state index in [9.17, 15) is 10.2 Å². The fourth-order valence-corrected chi connectivity index (χ4v) is 3.95. The maximum Gasteiger partial charge on any atom is 0.160 e. The van der Waals surface area contributed by atoms with Crippen LogP contribution in [0, 0.1) is 17.8 Å². The summed E-state index contributed by atoms with van der Waals surface area (Å²) in [4.78, 5) is 0. The number of aromatic hydroxyl groups is 2. The van der Waals surface area contributed by atoms with E-state index in [0.29, 0.717) is 5.41 Å². The molecule has 0 aliphatic rings. The summed E-state index contributed by atoms with van der Waals surface area (Å²) in [6.07, 6.45) is 2.17. The summed E-state index contributed by atoms with van der Waals surface area (Å²) in [5, 5.41) is 19.6. The highest BCUT2D eigenvalue weighted by atomic mass is 16.3.